The van der Waals surface area contributed by atoms with E-state index in [1.165, 1.54) is 24.1 Å². The van der Waals surface area contributed by atoms with E-state index < -0.39 is 22.8 Å². The molecule has 0 saturated carbocycles. The van der Waals surface area contributed by atoms with E-state index in [1.807, 2.05) is 0 Å². The van der Waals surface area contributed by atoms with Gasteiger partial charge in [-0.1, -0.05) is 11.6 Å². The molecule has 0 spiro atoms. The van der Waals surface area contributed by atoms with Crippen LogP contribution in [0, 0.1) is 10.1 Å². The van der Waals surface area contributed by atoms with Gasteiger partial charge >= 0.3 is 5.97 Å². The van der Waals surface area contributed by atoms with Crippen LogP contribution >= 0.6 is 11.6 Å². The Hall–Kier alpha value is -2.15. The van der Waals surface area contributed by atoms with Crippen LogP contribution in [0.2, 0.25) is 5.02 Å². The molecule has 0 radical (unpaired) electrons. The first-order chi connectivity index (χ1) is 10.5. The third kappa shape index (κ3) is 3.19. The standard InChI is InChI=1S/C14H15ClN2O5/c1-22-14(19)12-4-2-3-7-16(12)13(18)10-6-5-9(17(20)21)8-11(10)15/h5-6,8,12H,2-4,7H2,1H3/t12-/m1/s1. The van der Waals surface area contributed by atoms with Gasteiger partial charge in [-0.3, -0.25) is 14.9 Å². The van der Waals surface area contributed by atoms with E-state index in [-0.39, 0.29) is 16.3 Å². The SMILES string of the molecule is COC(=O)[C@H]1CCCCN1C(=O)c1ccc([N+](=O)[O-])cc1Cl. The van der Waals surface area contributed by atoms with Crippen molar-refractivity contribution < 1.29 is 19.2 Å². The molecule has 0 N–H and O–H groups in total. The lowest BCUT2D eigenvalue weighted by Gasteiger charge is -2.33. The number of nitrogens with zero attached hydrogens (tertiary/aromatic N) is 2. The van der Waals surface area contributed by atoms with Gasteiger partial charge in [0.05, 0.1) is 22.6 Å². The van der Waals surface area contributed by atoms with Crippen molar-refractivity contribution in [1.29, 1.82) is 0 Å². The maximum atomic E-state index is 12.6. The van der Waals surface area contributed by atoms with Crippen molar-refractivity contribution in [3.8, 4) is 0 Å². The number of nitro groups is 1. The predicted molar refractivity (Wildman–Crippen MR) is 78.8 cm³/mol. The zero-order valence-corrected chi connectivity index (χ0v) is 12.7. The van der Waals surface area contributed by atoms with E-state index in [0.717, 1.165) is 18.9 Å². The summed E-state index contributed by atoms with van der Waals surface area (Å²) in [5.41, 5.74) is -0.0484. The lowest BCUT2D eigenvalue weighted by atomic mass is 10.0. The van der Waals surface area contributed by atoms with Gasteiger partial charge in [0, 0.05) is 18.7 Å². The highest BCUT2D eigenvalue weighted by Gasteiger charge is 2.34. The molecule has 0 aromatic heterocycles. The van der Waals surface area contributed by atoms with E-state index >= 15 is 0 Å². The van der Waals surface area contributed by atoms with Crippen LogP contribution in [0.25, 0.3) is 0 Å². The number of rotatable bonds is 3. The second-order valence-electron chi connectivity index (χ2n) is 4.95. The molecule has 0 unspecified atom stereocenters. The normalized spacial score (nSPS) is 17.9. The molecule has 22 heavy (non-hydrogen) atoms. The topological polar surface area (TPSA) is 89.8 Å². The molecule has 1 aromatic carbocycles. The van der Waals surface area contributed by atoms with Crippen LogP contribution in [0.1, 0.15) is 29.6 Å². The lowest BCUT2D eigenvalue weighted by Crippen LogP contribution is -2.48. The third-order valence-electron chi connectivity index (χ3n) is 3.63. The number of likely N-dealkylation sites (tertiary alicyclic amines) is 1. The number of esters is 1. The predicted octanol–water partition coefficient (Wildman–Crippen LogP) is 2.42. The van der Waals surface area contributed by atoms with Crippen molar-refractivity contribution in [2.45, 2.75) is 25.3 Å². The van der Waals surface area contributed by atoms with E-state index in [9.17, 15) is 19.7 Å². The maximum absolute atomic E-state index is 12.6. The summed E-state index contributed by atoms with van der Waals surface area (Å²) in [6, 6.07) is 3.02. The molecule has 1 aliphatic heterocycles. The number of ether oxygens (including phenoxy) is 1. The number of halogens is 1. The molecule has 0 aliphatic carbocycles. The smallest absolute Gasteiger partial charge is 0.328 e. The van der Waals surface area contributed by atoms with E-state index in [4.69, 9.17) is 16.3 Å². The molecule has 8 heteroatoms. The minimum absolute atomic E-state index is 0.00612. The summed E-state index contributed by atoms with van der Waals surface area (Å²) in [6.45, 7) is 0.423. The summed E-state index contributed by atoms with van der Waals surface area (Å²) < 4.78 is 4.73. The van der Waals surface area contributed by atoms with Crippen LogP contribution in [-0.4, -0.2) is 41.4 Å². The molecule has 118 valence electrons. The molecule has 7 nitrogen and oxygen atoms in total. The largest absolute Gasteiger partial charge is 0.467 e. The highest BCUT2D eigenvalue weighted by atomic mass is 35.5. The third-order valence-corrected chi connectivity index (χ3v) is 3.94. The van der Waals surface area contributed by atoms with Crippen molar-refractivity contribution in [1.82, 2.24) is 4.90 Å². The Morgan fingerprint density at radius 3 is 2.73 bits per heavy atom. The summed E-state index contributed by atoms with van der Waals surface area (Å²) >= 11 is 5.98. The zero-order chi connectivity index (χ0) is 16.3. The van der Waals surface area contributed by atoms with Crippen molar-refractivity contribution in [2.24, 2.45) is 0 Å². The van der Waals surface area contributed by atoms with Crippen LogP contribution in [0.3, 0.4) is 0 Å². The van der Waals surface area contributed by atoms with Crippen molar-refractivity contribution in [3.05, 3.63) is 38.9 Å². The summed E-state index contributed by atoms with van der Waals surface area (Å²) in [5, 5.41) is 10.7. The van der Waals surface area contributed by atoms with Gasteiger partial charge in [0.15, 0.2) is 0 Å². The number of benzene rings is 1. The Bertz CT molecular complexity index is 619. The number of nitro benzene ring substituents is 1. The second-order valence-corrected chi connectivity index (χ2v) is 5.36. The van der Waals surface area contributed by atoms with Gasteiger partial charge in [0.1, 0.15) is 6.04 Å². The molecule has 1 saturated heterocycles. The number of carbonyl (C=O) groups is 2. The molecule has 1 atom stereocenters. The van der Waals surface area contributed by atoms with Gasteiger partial charge in [-0.05, 0) is 25.3 Å². The molecular formula is C14H15ClN2O5. The van der Waals surface area contributed by atoms with Crippen LogP contribution in [0.4, 0.5) is 5.69 Å². The molecule has 0 bridgehead atoms. The van der Waals surface area contributed by atoms with Crippen molar-refractivity contribution in [2.75, 3.05) is 13.7 Å². The van der Waals surface area contributed by atoms with Crippen LogP contribution in [0.15, 0.2) is 18.2 Å². The quantitative estimate of drug-likeness (QED) is 0.483. The first-order valence-corrected chi connectivity index (χ1v) is 7.16. The number of non-ortho nitro benzene ring substituents is 1. The number of hydrogen-bond acceptors (Lipinski definition) is 5. The highest BCUT2D eigenvalue weighted by Crippen LogP contribution is 2.27. The highest BCUT2D eigenvalue weighted by molar-refractivity contribution is 6.34. The number of hydrogen-bond donors (Lipinski definition) is 0. The average molecular weight is 327 g/mol. The molecule has 1 amide bonds. The Morgan fingerprint density at radius 1 is 1.41 bits per heavy atom. The van der Waals surface area contributed by atoms with Gasteiger partial charge in [0.2, 0.25) is 0 Å². The van der Waals surface area contributed by atoms with E-state index in [0.29, 0.717) is 13.0 Å². The first kappa shape index (κ1) is 16.2. The van der Waals surface area contributed by atoms with Crippen molar-refractivity contribution in [3.63, 3.8) is 0 Å². The summed E-state index contributed by atoms with van der Waals surface area (Å²) in [6.07, 6.45) is 2.14. The molecule has 1 fully saturated rings. The van der Waals surface area contributed by atoms with E-state index in [1.54, 1.807) is 0 Å². The van der Waals surface area contributed by atoms with Crippen LogP contribution in [-0.2, 0) is 9.53 Å². The van der Waals surface area contributed by atoms with Gasteiger partial charge in [-0.2, -0.15) is 0 Å². The minimum atomic E-state index is -0.641. The fourth-order valence-corrected chi connectivity index (χ4v) is 2.76. The summed E-state index contributed by atoms with van der Waals surface area (Å²) in [5.74, 6) is -0.888. The molecule has 2 rings (SSSR count). The fourth-order valence-electron chi connectivity index (χ4n) is 2.50. The van der Waals surface area contributed by atoms with Crippen molar-refractivity contribution >= 4 is 29.2 Å². The molecule has 1 heterocycles. The first-order valence-electron chi connectivity index (χ1n) is 6.78. The number of piperidine rings is 1. The van der Waals surface area contributed by atoms with Gasteiger partial charge in [-0.25, -0.2) is 4.79 Å². The molecule has 1 aromatic rings. The number of amides is 1. The zero-order valence-electron chi connectivity index (χ0n) is 12.0. The number of carbonyl (C=O) groups excluding carboxylic acids is 2. The van der Waals surface area contributed by atoms with Crippen LogP contribution in [0.5, 0.6) is 0 Å². The fraction of sp³-hybridized carbons (Fsp3) is 0.429. The Balaban J connectivity index is 2.29. The monoisotopic (exact) mass is 326 g/mol. The molecular weight excluding hydrogens is 312 g/mol. The maximum Gasteiger partial charge on any atom is 0.328 e. The van der Waals surface area contributed by atoms with Crippen LogP contribution < -0.4 is 0 Å². The number of methoxy groups -OCH3 is 1. The second kappa shape index (κ2) is 6.74. The average Bonchev–Trinajstić information content (AvgIpc) is 2.53. The van der Waals surface area contributed by atoms with Gasteiger partial charge < -0.3 is 9.64 Å². The summed E-state index contributed by atoms with van der Waals surface area (Å²) in [7, 11) is 1.28. The Labute approximate surface area is 131 Å². The van der Waals surface area contributed by atoms with E-state index in [2.05, 4.69) is 0 Å². The Morgan fingerprint density at radius 2 is 2.14 bits per heavy atom. The van der Waals surface area contributed by atoms with Gasteiger partial charge in [-0.15, -0.1) is 0 Å². The minimum Gasteiger partial charge on any atom is -0.467 e. The summed E-state index contributed by atoms with van der Waals surface area (Å²) in [4.78, 5) is 35.9. The lowest BCUT2D eigenvalue weighted by molar-refractivity contribution is -0.384. The Kier molecular flexibility index (Phi) is 4.97. The molecule has 1 aliphatic rings. The van der Waals surface area contributed by atoms with Gasteiger partial charge in [0.25, 0.3) is 11.6 Å².